The van der Waals surface area contributed by atoms with Gasteiger partial charge in [0.1, 0.15) is 0 Å². The van der Waals surface area contributed by atoms with Crippen molar-refractivity contribution in [1.82, 2.24) is 0 Å². The maximum atomic E-state index is 10.6. The van der Waals surface area contributed by atoms with Gasteiger partial charge in [-0.15, -0.1) is 11.8 Å². The summed E-state index contributed by atoms with van der Waals surface area (Å²) in [6.07, 6.45) is 0. The van der Waals surface area contributed by atoms with Crippen LogP contribution in [-0.2, 0) is 10.5 Å². The molecule has 0 radical (unpaired) electrons. The Kier molecular flexibility index (Phi) is 4.77. The molecule has 2 nitrogen and oxygen atoms in total. The predicted octanol–water partition coefficient (Wildman–Crippen LogP) is 3.70. The molecule has 1 rings (SSSR count). The third kappa shape index (κ3) is 3.93. The predicted molar refractivity (Wildman–Crippen MR) is 64.9 cm³/mol. The van der Waals surface area contributed by atoms with E-state index in [0.717, 1.165) is 5.56 Å². The number of hydrogen-bond donors (Lipinski definition) is 1. The number of aliphatic carboxylic acids is 1. The second-order valence-corrected chi connectivity index (χ2v) is 5.18. The molecular weight excluding hydrogens is 255 g/mol. The minimum absolute atomic E-state index is 0.417. The average molecular weight is 265 g/mol. The Hall–Kier alpha value is -0.380. The van der Waals surface area contributed by atoms with Crippen molar-refractivity contribution in [2.75, 3.05) is 0 Å². The van der Waals surface area contributed by atoms with Gasteiger partial charge in [-0.25, -0.2) is 0 Å². The molecule has 0 bridgehead atoms. The minimum Gasteiger partial charge on any atom is -0.480 e. The first-order chi connectivity index (χ1) is 7.00. The first kappa shape index (κ1) is 12.7. The summed E-state index contributed by atoms with van der Waals surface area (Å²) >= 11 is 12.9. The molecule has 0 fully saturated rings. The summed E-state index contributed by atoms with van der Waals surface area (Å²) in [7, 11) is 0. The summed E-state index contributed by atoms with van der Waals surface area (Å²) in [6, 6.07) is 5.31. The number of thioether (sulfide) groups is 1. The summed E-state index contributed by atoms with van der Waals surface area (Å²) in [6.45, 7) is 1.66. The lowest BCUT2D eigenvalue weighted by molar-refractivity contribution is -0.136. The monoisotopic (exact) mass is 264 g/mol. The molecule has 0 heterocycles. The maximum absolute atomic E-state index is 10.6. The van der Waals surface area contributed by atoms with Crippen molar-refractivity contribution in [3.05, 3.63) is 33.8 Å². The first-order valence-electron chi connectivity index (χ1n) is 4.29. The third-order valence-electron chi connectivity index (χ3n) is 1.83. The Morgan fingerprint density at radius 2 is 2.13 bits per heavy atom. The van der Waals surface area contributed by atoms with E-state index in [1.165, 1.54) is 11.8 Å². The topological polar surface area (TPSA) is 37.3 Å². The van der Waals surface area contributed by atoms with Crippen LogP contribution in [0, 0.1) is 0 Å². The van der Waals surface area contributed by atoms with Crippen molar-refractivity contribution >= 4 is 40.9 Å². The second kappa shape index (κ2) is 5.64. The molecule has 0 saturated heterocycles. The fourth-order valence-electron chi connectivity index (χ4n) is 0.922. The van der Waals surface area contributed by atoms with E-state index in [-0.39, 0.29) is 0 Å². The smallest absolute Gasteiger partial charge is 0.316 e. The molecule has 0 spiro atoms. The van der Waals surface area contributed by atoms with Crippen molar-refractivity contribution in [2.45, 2.75) is 17.9 Å². The van der Waals surface area contributed by atoms with E-state index < -0.39 is 11.2 Å². The Morgan fingerprint density at radius 1 is 1.47 bits per heavy atom. The molecule has 1 unspecified atom stereocenters. The molecule has 0 aliphatic heterocycles. The van der Waals surface area contributed by atoms with E-state index in [2.05, 4.69) is 0 Å². The quantitative estimate of drug-likeness (QED) is 0.901. The number of carboxylic acids is 1. The fraction of sp³-hybridized carbons (Fsp3) is 0.300. The van der Waals surface area contributed by atoms with Crippen LogP contribution in [-0.4, -0.2) is 16.3 Å². The van der Waals surface area contributed by atoms with E-state index in [0.29, 0.717) is 15.8 Å². The zero-order valence-electron chi connectivity index (χ0n) is 8.04. The molecule has 0 saturated carbocycles. The lowest BCUT2D eigenvalue weighted by atomic mass is 10.2. The van der Waals surface area contributed by atoms with E-state index in [1.54, 1.807) is 19.1 Å². The maximum Gasteiger partial charge on any atom is 0.316 e. The number of rotatable bonds is 4. The lowest BCUT2D eigenvalue weighted by Crippen LogP contribution is -2.11. The first-order valence-corrected chi connectivity index (χ1v) is 6.09. The summed E-state index contributed by atoms with van der Waals surface area (Å²) < 4.78 is 0. The van der Waals surface area contributed by atoms with Crippen LogP contribution in [0.3, 0.4) is 0 Å². The fourth-order valence-corrected chi connectivity index (χ4v) is 2.01. The molecule has 1 aromatic rings. The van der Waals surface area contributed by atoms with Crippen molar-refractivity contribution in [2.24, 2.45) is 0 Å². The second-order valence-electron chi connectivity index (χ2n) is 3.04. The van der Waals surface area contributed by atoms with Gasteiger partial charge in [-0.3, -0.25) is 4.79 Å². The number of benzene rings is 1. The lowest BCUT2D eigenvalue weighted by Gasteiger charge is -2.06. The number of carboxylic acid groups (broad SMARTS) is 1. The summed E-state index contributed by atoms with van der Waals surface area (Å²) in [5.41, 5.74) is 0.975. The van der Waals surface area contributed by atoms with Gasteiger partial charge in [0.15, 0.2) is 0 Å². The number of hydrogen-bond acceptors (Lipinski definition) is 2. The third-order valence-corrected chi connectivity index (χ3v) is 3.77. The number of halogens is 2. The van der Waals surface area contributed by atoms with E-state index in [1.807, 2.05) is 6.07 Å². The molecule has 0 aliphatic rings. The zero-order valence-corrected chi connectivity index (χ0v) is 10.4. The highest BCUT2D eigenvalue weighted by Crippen LogP contribution is 2.25. The van der Waals surface area contributed by atoms with Crippen LogP contribution in [0.4, 0.5) is 0 Å². The summed E-state index contributed by atoms with van der Waals surface area (Å²) in [4.78, 5) is 10.6. The molecule has 0 aromatic heterocycles. The van der Waals surface area contributed by atoms with Gasteiger partial charge in [-0.05, 0) is 24.6 Å². The van der Waals surface area contributed by atoms with Crippen LogP contribution in [0.2, 0.25) is 10.0 Å². The largest absolute Gasteiger partial charge is 0.480 e. The van der Waals surface area contributed by atoms with Crippen molar-refractivity contribution in [3.8, 4) is 0 Å². The van der Waals surface area contributed by atoms with Crippen molar-refractivity contribution in [1.29, 1.82) is 0 Å². The molecule has 82 valence electrons. The van der Waals surface area contributed by atoms with E-state index in [9.17, 15) is 4.79 Å². The standard InChI is InChI=1S/C10H10Cl2O2S/c1-6(10(13)14)15-5-7-2-3-8(11)9(12)4-7/h2-4,6H,5H2,1H3,(H,13,14). The molecule has 1 N–H and O–H groups in total. The van der Waals surface area contributed by atoms with Crippen molar-refractivity contribution in [3.63, 3.8) is 0 Å². The van der Waals surface area contributed by atoms with Crippen LogP contribution in [0.5, 0.6) is 0 Å². The van der Waals surface area contributed by atoms with Gasteiger partial charge in [0, 0.05) is 5.75 Å². The molecule has 15 heavy (non-hydrogen) atoms. The zero-order chi connectivity index (χ0) is 11.4. The highest BCUT2D eigenvalue weighted by molar-refractivity contribution is 7.99. The van der Waals surface area contributed by atoms with Gasteiger partial charge < -0.3 is 5.11 Å². The highest BCUT2D eigenvalue weighted by atomic mass is 35.5. The van der Waals surface area contributed by atoms with Crippen LogP contribution in [0.15, 0.2) is 18.2 Å². The molecule has 1 aromatic carbocycles. The van der Waals surface area contributed by atoms with Gasteiger partial charge in [0.05, 0.1) is 15.3 Å². The van der Waals surface area contributed by atoms with Gasteiger partial charge >= 0.3 is 5.97 Å². The normalized spacial score (nSPS) is 12.5. The van der Waals surface area contributed by atoms with Gasteiger partial charge in [0.2, 0.25) is 0 Å². The van der Waals surface area contributed by atoms with E-state index >= 15 is 0 Å². The Morgan fingerprint density at radius 3 is 2.67 bits per heavy atom. The van der Waals surface area contributed by atoms with Crippen LogP contribution < -0.4 is 0 Å². The molecule has 5 heteroatoms. The van der Waals surface area contributed by atoms with Crippen LogP contribution in [0.25, 0.3) is 0 Å². The molecule has 1 atom stereocenters. The minimum atomic E-state index is -0.805. The Labute approximate surface area is 103 Å². The SMILES string of the molecule is CC(SCc1ccc(Cl)c(Cl)c1)C(=O)O. The van der Waals surface area contributed by atoms with Gasteiger partial charge in [-0.1, -0.05) is 29.3 Å². The van der Waals surface area contributed by atoms with Gasteiger partial charge in [-0.2, -0.15) is 0 Å². The van der Waals surface area contributed by atoms with Crippen molar-refractivity contribution < 1.29 is 9.90 Å². The van der Waals surface area contributed by atoms with Gasteiger partial charge in [0.25, 0.3) is 0 Å². The van der Waals surface area contributed by atoms with Crippen LogP contribution in [0.1, 0.15) is 12.5 Å². The Balaban J connectivity index is 2.58. The molecule has 0 amide bonds. The van der Waals surface area contributed by atoms with E-state index in [4.69, 9.17) is 28.3 Å². The Bertz CT molecular complexity index is 368. The number of carbonyl (C=O) groups is 1. The molecular formula is C10H10Cl2O2S. The summed E-state index contributed by atoms with van der Waals surface area (Å²) in [5.74, 6) is -0.190. The summed E-state index contributed by atoms with van der Waals surface area (Å²) in [5, 5.41) is 9.28. The highest BCUT2D eigenvalue weighted by Gasteiger charge is 2.11. The average Bonchev–Trinajstić information content (AvgIpc) is 2.19. The van der Waals surface area contributed by atoms with Crippen LogP contribution >= 0.6 is 35.0 Å². The molecule has 0 aliphatic carbocycles.